The van der Waals surface area contributed by atoms with Crippen LogP contribution in [0.5, 0.6) is 0 Å². The molecule has 0 saturated carbocycles. The number of aromatic amines is 1. The van der Waals surface area contributed by atoms with Crippen LogP contribution in [0.1, 0.15) is 23.8 Å². The number of amides is 1. The Morgan fingerprint density at radius 1 is 1.24 bits per heavy atom. The van der Waals surface area contributed by atoms with Crippen molar-refractivity contribution >= 4 is 21.7 Å². The third-order valence-corrected chi connectivity index (χ3v) is 3.94. The van der Waals surface area contributed by atoms with E-state index in [1.807, 2.05) is 6.92 Å². The van der Waals surface area contributed by atoms with E-state index in [-0.39, 0.29) is 16.4 Å². The van der Waals surface area contributed by atoms with Crippen molar-refractivity contribution in [1.29, 1.82) is 0 Å². The first kappa shape index (κ1) is 15.0. The van der Waals surface area contributed by atoms with Gasteiger partial charge in [0.05, 0.1) is 4.90 Å². The van der Waals surface area contributed by atoms with Crippen molar-refractivity contribution in [1.82, 2.24) is 20.7 Å². The van der Waals surface area contributed by atoms with E-state index >= 15 is 0 Å². The lowest BCUT2D eigenvalue weighted by molar-refractivity contribution is 0.0949. The molecule has 2 rings (SSSR count). The Morgan fingerprint density at radius 2 is 1.95 bits per heavy atom. The molecule has 1 heterocycles. The van der Waals surface area contributed by atoms with Crippen LogP contribution < -0.4 is 10.0 Å². The molecular weight excluding hydrogens is 294 g/mol. The number of sulfonamides is 1. The fourth-order valence-corrected chi connectivity index (χ4v) is 2.60. The molecule has 3 N–H and O–H groups in total. The third kappa shape index (κ3) is 3.57. The van der Waals surface area contributed by atoms with Crippen LogP contribution in [0.15, 0.2) is 35.2 Å². The van der Waals surface area contributed by atoms with Gasteiger partial charge >= 0.3 is 0 Å². The molecule has 1 aromatic carbocycles. The lowest BCUT2D eigenvalue weighted by atomic mass is 10.4. The summed E-state index contributed by atoms with van der Waals surface area (Å²) in [5.74, 6) is -0.621. The molecule has 9 heteroatoms. The first-order valence-corrected chi connectivity index (χ1v) is 7.79. The van der Waals surface area contributed by atoms with Gasteiger partial charge in [0.15, 0.2) is 11.5 Å². The van der Waals surface area contributed by atoms with Crippen molar-refractivity contribution < 1.29 is 13.2 Å². The number of hydrogen-bond acceptors (Lipinski definition) is 5. The summed E-state index contributed by atoms with van der Waals surface area (Å²) in [5.41, 5.74) is -0.0945. The molecule has 0 atom stereocenters. The summed E-state index contributed by atoms with van der Waals surface area (Å²) in [7, 11) is -3.81. The van der Waals surface area contributed by atoms with Crippen LogP contribution in [0.2, 0.25) is 0 Å². The highest BCUT2D eigenvalue weighted by Crippen LogP contribution is 2.15. The maximum Gasteiger partial charge on any atom is 0.275 e. The summed E-state index contributed by atoms with van der Waals surface area (Å²) < 4.78 is 26.6. The van der Waals surface area contributed by atoms with Gasteiger partial charge < -0.3 is 5.32 Å². The minimum atomic E-state index is -3.81. The van der Waals surface area contributed by atoms with Crippen LogP contribution in [-0.2, 0) is 10.0 Å². The number of nitrogens with one attached hydrogen (secondary N) is 3. The Hall–Kier alpha value is -2.42. The zero-order valence-electron chi connectivity index (χ0n) is 11.3. The topological polar surface area (TPSA) is 117 Å². The molecule has 0 aliphatic carbocycles. The fourth-order valence-electron chi connectivity index (χ4n) is 1.57. The predicted octanol–water partition coefficient (Wildman–Crippen LogP) is 0.745. The summed E-state index contributed by atoms with van der Waals surface area (Å²) >= 11 is 0. The van der Waals surface area contributed by atoms with E-state index in [1.165, 1.54) is 12.1 Å². The van der Waals surface area contributed by atoms with Crippen molar-refractivity contribution in [3.05, 3.63) is 36.0 Å². The summed E-state index contributed by atoms with van der Waals surface area (Å²) in [5, 5.41) is 12.2. The van der Waals surface area contributed by atoms with Crippen molar-refractivity contribution in [2.24, 2.45) is 0 Å². The zero-order chi connectivity index (χ0) is 15.3. The molecule has 8 nitrogen and oxygen atoms in total. The van der Waals surface area contributed by atoms with Crippen LogP contribution in [0.3, 0.4) is 0 Å². The molecule has 0 fully saturated rings. The van der Waals surface area contributed by atoms with Gasteiger partial charge in [-0.15, -0.1) is 10.2 Å². The van der Waals surface area contributed by atoms with Gasteiger partial charge in [0.2, 0.25) is 0 Å². The van der Waals surface area contributed by atoms with E-state index in [0.29, 0.717) is 6.54 Å². The van der Waals surface area contributed by atoms with Crippen LogP contribution in [0.25, 0.3) is 0 Å². The first-order chi connectivity index (χ1) is 10.0. The molecule has 0 radical (unpaired) electrons. The average molecular weight is 309 g/mol. The van der Waals surface area contributed by atoms with Gasteiger partial charge in [0.25, 0.3) is 15.9 Å². The lowest BCUT2D eigenvalue weighted by Gasteiger charge is -2.06. The highest BCUT2D eigenvalue weighted by atomic mass is 32.2. The van der Waals surface area contributed by atoms with Gasteiger partial charge in [0, 0.05) is 6.54 Å². The van der Waals surface area contributed by atoms with Crippen molar-refractivity contribution in [2.75, 3.05) is 11.3 Å². The van der Waals surface area contributed by atoms with Crippen molar-refractivity contribution in [3.8, 4) is 0 Å². The number of hydrogen-bond donors (Lipinski definition) is 3. The molecule has 112 valence electrons. The Balaban J connectivity index is 2.21. The van der Waals surface area contributed by atoms with Gasteiger partial charge in [-0.3, -0.25) is 9.52 Å². The van der Waals surface area contributed by atoms with Gasteiger partial charge in [-0.1, -0.05) is 25.1 Å². The number of carbonyl (C=O) groups is 1. The number of rotatable bonds is 6. The van der Waals surface area contributed by atoms with Gasteiger partial charge in [0.1, 0.15) is 0 Å². The standard InChI is InChI=1S/C12H15N5O3S/c1-2-8-13-12(18)10-11(15-17-14-10)16-21(19,20)9-6-4-3-5-7-9/h3-7H,2,8H2,1H3,(H,13,18)(H2,14,15,16,17). The zero-order valence-corrected chi connectivity index (χ0v) is 12.1. The summed E-state index contributed by atoms with van der Waals surface area (Å²) in [4.78, 5) is 11.9. The smallest absolute Gasteiger partial charge is 0.275 e. The van der Waals surface area contributed by atoms with E-state index in [9.17, 15) is 13.2 Å². The highest BCUT2D eigenvalue weighted by molar-refractivity contribution is 7.92. The molecule has 21 heavy (non-hydrogen) atoms. The van der Waals surface area contributed by atoms with Crippen molar-refractivity contribution in [3.63, 3.8) is 0 Å². The Bertz CT molecular complexity index is 712. The Morgan fingerprint density at radius 3 is 2.62 bits per heavy atom. The largest absolute Gasteiger partial charge is 0.351 e. The molecule has 0 spiro atoms. The maximum atomic E-state index is 12.2. The van der Waals surface area contributed by atoms with Crippen LogP contribution in [0, 0.1) is 0 Å². The second-order valence-corrected chi connectivity index (χ2v) is 5.88. The molecular formula is C12H15N5O3S. The third-order valence-electron chi connectivity index (χ3n) is 2.58. The summed E-state index contributed by atoms with van der Waals surface area (Å²) in [6, 6.07) is 7.80. The van der Waals surface area contributed by atoms with Gasteiger partial charge in [-0.25, -0.2) is 8.42 Å². The molecule has 0 aliphatic rings. The second kappa shape index (κ2) is 6.35. The molecule has 1 aromatic heterocycles. The van der Waals surface area contributed by atoms with E-state index in [0.717, 1.165) is 6.42 Å². The Kier molecular flexibility index (Phi) is 4.53. The van der Waals surface area contributed by atoms with Crippen LogP contribution in [0.4, 0.5) is 5.82 Å². The molecule has 0 aliphatic heterocycles. The van der Waals surface area contributed by atoms with Crippen LogP contribution in [-0.4, -0.2) is 36.3 Å². The number of aromatic nitrogens is 3. The van der Waals surface area contributed by atoms with Crippen molar-refractivity contribution in [2.45, 2.75) is 18.2 Å². The number of nitrogens with zero attached hydrogens (tertiary/aromatic N) is 2. The molecule has 0 bridgehead atoms. The monoisotopic (exact) mass is 309 g/mol. The SMILES string of the molecule is CCCNC(=O)c1n[nH]nc1NS(=O)(=O)c1ccccc1. The minimum absolute atomic E-state index is 0.0768. The average Bonchev–Trinajstić information content (AvgIpc) is 2.93. The van der Waals surface area contributed by atoms with E-state index in [2.05, 4.69) is 25.4 Å². The Labute approximate surface area is 122 Å². The van der Waals surface area contributed by atoms with E-state index in [1.54, 1.807) is 18.2 Å². The van der Waals surface area contributed by atoms with E-state index < -0.39 is 15.9 Å². The lowest BCUT2D eigenvalue weighted by Crippen LogP contribution is -2.26. The molecule has 0 saturated heterocycles. The van der Waals surface area contributed by atoms with Crippen LogP contribution >= 0.6 is 0 Å². The predicted molar refractivity (Wildman–Crippen MR) is 76.3 cm³/mol. The quantitative estimate of drug-likeness (QED) is 0.728. The number of benzene rings is 1. The molecule has 2 aromatic rings. The molecule has 1 amide bonds. The van der Waals surface area contributed by atoms with E-state index in [4.69, 9.17) is 0 Å². The summed E-state index contributed by atoms with van der Waals surface area (Å²) in [6.45, 7) is 2.37. The fraction of sp³-hybridized carbons (Fsp3) is 0.250. The number of anilines is 1. The second-order valence-electron chi connectivity index (χ2n) is 4.20. The highest BCUT2D eigenvalue weighted by Gasteiger charge is 2.21. The number of carbonyl (C=O) groups excluding carboxylic acids is 1. The summed E-state index contributed by atoms with van der Waals surface area (Å²) in [6.07, 6.45) is 0.759. The van der Waals surface area contributed by atoms with Gasteiger partial charge in [-0.05, 0) is 18.6 Å². The normalized spacial score (nSPS) is 11.1. The maximum absolute atomic E-state index is 12.2. The minimum Gasteiger partial charge on any atom is -0.351 e. The number of H-pyrrole nitrogens is 1. The first-order valence-electron chi connectivity index (χ1n) is 6.31. The molecule has 0 unspecified atom stereocenters. The van der Waals surface area contributed by atoms with Gasteiger partial charge in [-0.2, -0.15) is 5.21 Å².